The number of allylic oxidation sites excluding steroid dienone is 2. The largest absolute Gasteiger partial charge is 0.478 e. The second-order valence-corrected chi connectivity index (χ2v) is 5.15. The fourth-order valence-corrected chi connectivity index (χ4v) is 3.19. The number of carboxylic acid groups (broad SMARTS) is 1. The number of rotatable bonds is 2. The van der Waals surface area contributed by atoms with Gasteiger partial charge >= 0.3 is 5.97 Å². The first kappa shape index (κ1) is 10.6. The smallest absolute Gasteiger partial charge is 0.335 e. The molecule has 1 aromatic rings. The van der Waals surface area contributed by atoms with Gasteiger partial charge in [-0.05, 0) is 60.8 Å². The molecule has 2 bridgehead atoms. The molecule has 0 amide bonds. The lowest BCUT2D eigenvalue weighted by Gasteiger charge is -2.20. The van der Waals surface area contributed by atoms with Crippen LogP contribution in [0.5, 0.6) is 0 Å². The summed E-state index contributed by atoms with van der Waals surface area (Å²) in [4.78, 5) is 10.8. The number of hydrogen-bond donors (Lipinski definition) is 1. The molecule has 0 saturated heterocycles. The zero-order chi connectivity index (χ0) is 11.8. The molecule has 17 heavy (non-hydrogen) atoms. The molecule has 2 heteroatoms. The first-order valence-electron chi connectivity index (χ1n) is 6.28. The number of carboxylic acids is 1. The Balaban J connectivity index is 1.89. The van der Waals surface area contributed by atoms with E-state index < -0.39 is 5.97 Å². The summed E-state index contributed by atoms with van der Waals surface area (Å²) in [5.41, 5.74) is 3.02. The molecule has 2 atom stereocenters. The normalized spacial score (nSPS) is 26.7. The molecule has 0 aliphatic heterocycles. The number of hydrogen-bond acceptors (Lipinski definition) is 1. The van der Waals surface area contributed by atoms with Crippen LogP contribution < -0.4 is 0 Å². The predicted molar refractivity (Wildman–Crippen MR) is 66.8 cm³/mol. The predicted octanol–water partition coefficient (Wildman–Crippen LogP) is 3.59. The van der Waals surface area contributed by atoms with Gasteiger partial charge in [0.05, 0.1) is 5.56 Å². The fourth-order valence-electron chi connectivity index (χ4n) is 3.19. The van der Waals surface area contributed by atoms with Crippen LogP contribution in [0.1, 0.15) is 41.6 Å². The van der Waals surface area contributed by atoms with Crippen molar-refractivity contribution in [3.63, 3.8) is 0 Å². The highest BCUT2D eigenvalue weighted by Gasteiger charge is 2.30. The summed E-state index contributed by atoms with van der Waals surface area (Å²) < 4.78 is 0. The van der Waals surface area contributed by atoms with Gasteiger partial charge in [0.15, 0.2) is 0 Å². The van der Waals surface area contributed by atoms with Crippen LogP contribution in [0, 0.1) is 11.8 Å². The SMILES string of the molecule is O=C(O)c1ccc(C2=CCC3CCC2C3)cc1. The minimum atomic E-state index is -0.852. The molecule has 2 nitrogen and oxygen atoms in total. The average molecular weight is 228 g/mol. The van der Waals surface area contributed by atoms with Crippen LogP contribution >= 0.6 is 0 Å². The number of benzene rings is 1. The Kier molecular flexibility index (Phi) is 2.50. The van der Waals surface area contributed by atoms with Crippen molar-refractivity contribution in [1.29, 1.82) is 0 Å². The van der Waals surface area contributed by atoms with E-state index in [1.54, 1.807) is 12.1 Å². The van der Waals surface area contributed by atoms with Crippen LogP contribution in [0.25, 0.3) is 5.57 Å². The molecule has 2 aliphatic rings. The topological polar surface area (TPSA) is 37.3 Å². The zero-order valence-corrected chi connectivity index (χ0v) is 9.73. The van der Waals surface area contributed by atoms with E-state index in [2.05, 4.69) is 6.08 Å². The number of carbonyl (C=O) groups is 1. The molecule has 0 aromatic heterocycles. The van der Waals surface area contributed by atoms with E-state index in [4.69, 9.17) is 5.11 Å². The van der Waals surface area contributed by atoms with E-state index in [1.165, 1.54) is 36.8 Å². The Morgan fingerprint density at radius 1 is 1.18 bits per heavy atom. The average Bonchev–Trinajstić information content (AvgIpc) is 2.72. The summed E-state index contributed by atoms with van der Waals surface area (Å²) in [5.74, 6) is 0.765. The summed E-state index contributed by atoms with van der Waals surface area (Å²) in [6.45, 7) is 0. The maximum atomic E-state index is 10.8. The fraction of sp³-hybridized carbons (Fsp3) is 0.400. The van der Waals surface area contributed by atoms with Gasteiger partial charge in [-0.25, -0.2) is 4.79 Å². The molecule has 2 unspecified atom stereocenters. The maximum Gasteiger partial charge on any atom is 0.335 e. The van der Waals surface area contributed by atoms with Gasteiger partial charge in [0.2, 0.25) is 0 Å². The Hall–Kier alpha value is -1.57. The van der Waals surface area contributed by atoms with Crippen molar-refractivity contribution < 1.29 is 9.90 Å². The molecule has 0 spiro atoms. The maximum absolute atomic E-state index is 10.8. The molecule has 88 valence electrons. The monoisotopic (exact) mass is 228 g/mol. The molecule has 0 radical (unpaired) electrons. The molecule has 0 heterocycles. The third kappa shape index (κ3) is 1.88. The number of aromatic carboxylic acids is 1. The molecule has 1 fully saturated rings. The standard InChI is InChI=1S/C15H16O2/c16-15(17)12-6-4-11(5-7-12)14-8-2-10-1-3-13(14)9-10/h4-8,10,13H,1-3,9H2,(H,16,17). The highest BCUT2D eigenvalue weighted by molar-refractivity contribution is 5.88. The summed E-state index contributed by atoms with van der Waals surface area (Å²) in [7, 11) is 0. The third-order valence-electron chi connectivity index (χ3n) is 4.12. The lowest BCUT2D eigenvalue weighted by molar-refractivity contribution is 0.0697. The van der Waals surface area contributed by atoms with Gasteiger partial charge in [0.25, 0.3) is 0 Å². The Bertz CT molecular complexity index is 470. The zero-order valence-electron chi connectivity index (χ0n) is 9.73. The summed E-state index contributed by atoms with van der Waals surface area (Å²) in [6.07, 6.45) is 7.55. The van der Waals surface area contributed by atoms with Gasteiger partial charge in [0, 0.05) is 0 Å². The van der Waals surface area contributed by atoms with E-state index >= 15 is 0 Å². The molecule has 2 aliphatic carbocycles. The van der Waals surface area contributed by atoms with Gasteiger partial charge in [-0.2, -0.15) is 0 Å². The van der Waals surface area contributed by atoms with Crippen LogP contribution in [0.3, 0.4) is 0 Å². The molecule has 3 rings (SSSR count). The Morgan fingerprint density at radius 2 is 1.94 bits per heavy atom. The highest BCUT2D eigenvalue weighted by atomic mass is 16.4. The van der Waals surface area contributed by atoms with Gasteiger partial charge in [-0.15, -0.1) is 0 Å². The van der Waals surface area contributed by atoms with Crippen molar-refractivity contribution in [2.45, 2.75) is 25.7 Å². The van der Waals surface area contributed by atoms with Gasteiger partial charge in [-0.1, -0.05) is 18.2 Å². The van der Waals surface area contributed by atoms with E-state index in [0.29, 0.717) is 11.5 Å². The highest BCUT2D eigenvalue weighted by Crippen LogP contribution is 2.45. The second-order valence-electron chi connectivity index (χ2n) is 5.15. The van der Waals surface area contributed by atoms with Gasteiger partial charge in [-0.3, -0.25) is 0 Å². The molecule has 1 saturated carbocycles. The molecule has 1 aromatic carbocycles. The van der Waals surface area contributed by atoms with Crippen LogP contribution in [-0.2, 0) is 0 Å². The first-order chi connectivity index (χ1) is 8.24. The van der Waals surface area contributed by atoms with Crippen molar-refractivity contribution in [3.05, 3.63) is 41.5 Å². The Morgan fingerprint density at radius 3 is 2.65 bits per heavy atom. The first-order valence-corrected chi connectivity index (χ1v) is 6.28. The summed E-state index contributed by atoms with van der Waals surface area (Å²) in [6, 6.07) is 7.32. The van der Waals surface area contributed by atoms with E-state index in [9.17, 15) is 4.79 Å². The molecular weight excluding hydrogens is 212 g/mol. The number of fused-ring (bicyclic) bond motifs is 2. The quantitative estimate of drug-likeness (QED) is 0.839. The summed E-state index contributed by atoms with van der Waals surface area (Å²) >= 11 is 0. The van der Waals surface area contributed by atoms with Crippen molar-refractivity contribution in [2.24, 2.45) is 11.8 Å². The van der Waals surface area contributed by atoms with Gasteiger partial charge < -0.3 is 5.11 Å². The third-order valence-corrected chi connectivity index (χ3v) is 4.12. The van der Waals surface area contributed by atoms with Crippen LogP contribution in [-0.4, -0.2) is 11.1 Å². The van der Waals surface area contributed by atoms with E-state index in [1.807, 2.05) is 12.1 Å². The second kappa shape index (κ2) is 4.02. The lowest BCUT2D eigenvalue weighted by atomic mass is 9.84. The summed E-state index contributed by atoms with van der Waals surface area (Å²) in [5, 5.41) is 8.88. The van der Waals surface area contributed by atoms with Gasteiger partial charge in [0.1, 0.15) is 0 Å². The van der Waals surface area contributed by atoms with Crippen LogP contribution in [0.4, 0.5) is 0 Å². The molecular formula is C15H16O2. The lowest BCUT2D eigenvalue weighted by Crippen LogP contribution is -2.06. The van der Waals surface area contributed by atoms with Crippen molar-refractivity contribution in [1.82, 2.24) is 0 Å². The van der Waals surface area contributed by atoms with E-state index in [-0.39, 0.29) is 0 Å². The Labute approximate surface area is 101 Å². The van der Waals surface area contributed by atoms with Crippen LogP contribution in [0.2, 0.25) is 0 Å². The van der Waals surface area contributed by atoms with E-state index in [0.717, 1.165) is 5.92 Å². The van der Waals surface area contributed by atoms with Crippen molar-refractivity contribution in [2.75, 3.05) is 0 Å². The van der Waals surface area contributed by atoms with Crippen molar-refractivity contribution in [3.8, 4) is 0 Å². The van der Waals surface area contributed by atoms with Crippen molar-refractivity contribution >= 4 is 11.5 Å². The minimum absolute atomic E-state index is 0.370. The minimum Gasteiger partial charge on any atom is -0.478 e. The van der Waals surface area contributed by atoms with Crippen LogP contribution in [0.15, 0.2) is 30.3 Å². The molecule has 1 N–H and O–H groups in total.